The van der Waals surface area contributed by atoms with E-state index in [0.717, 1.165) is 61.2 Å². The maximum atomic E-state index is 13.7. The molecule has 1 saturated heterocycles. The second kappa shape index (κ2) is 7.93. The van der Waals surface area contributed by atoms with Gasteiger partial charge in [-0.25, -0.2) is 13.1 Å². The van der Waals surface area contributed by atoms with Crippen molar-refractivity contribution in [2.75, 3.05) is 11.9 Å². The van der Waals surface area contributed by atoms with Gasteiger partial charge in [0.1, 0.15) is 5.69 Å². The molecule has 1 aromatic heterocycles. The zero-order chi connectivity index (χ0) is 23.8. The molecule has 1 aromatic carbocycles. The highest BCUT2D eigenvalue weighted by Gasteiger charge is 2.81. The Morgan fingerprint density at radius 1 is 1.24 bits per heavy atom. The van der Waals surface area contributed by atoms with Crippen molar-refractivity contribution in [2.24, 2.45) is 5.41 Å². The van der Waals surface area contributed by atoms with Gasteiger partial charge in [-0.1, -0.05) is 18.0 Å². The van der Waals surface area contributed by atoms with Crippen molar-refractivity contribution >= 4 is 35.1 Å². The molecule has 1 amide bonds. The minimum absolute atomic E-state index is 0.165. The zero-order valence-corrected chi connectivity index (χ0v) is 20.1. The number of rotatable bonds is 5. The minimum Gasteiger partial charge on any atom is -0.393 e. The van der Waals surface area contributed by atoms with Crippen LogP contribution in [0.2, 0.25) is 5.02 Å². The van der Waals surface area contributed by atoms with Gasteiger partial charge in [-0.05, 0) is 62.6 Å². The number of fused-ring (bicyclic) bond motifs is 1. The quantitative estimate of drug-likeness (QED) is 0.522. The van der Waals surface area contributed by atoms with Crippen molar-refractivity contribution in [2.45, 2.75) is 74.1 Å². The lowest BCUT2D eigenvalue weighted by Crippen LogP contribution is -2.90. The Balaban J connectivity index is 1.30. The van der Waals surface area contributed by atoms with Crippen LogP contribution in [0.5, 0.6) is 0 Å². The maximum Gasteiger partial charge on any atom is 0.273 e. The van der Waals surface area contributed by atoms with Crippen molar-refractivity contribution in [1.29, 1.82) is 0 Å². The fourth-order valence-corrected chi connectivity index (χ4v) is 8.48. The van der Waals surface area contributed by atoms with Crippen molar-refractivity contribution < 1.29 is 23.8 Å². The van der Waals surface area contributed by atoms with E-state index in [2.05, 4.69) is 9.62 Å². The third kappa shape index (κ3) is 2.94. The number of nitrogens with one attached hydrogen (secondary N) is 1. The van der Waals surface area contributed by atoms with Gasteiger partial charge in [0.2, 0.25) is 0 Å². The third-order valence-corrected chi connectivity index (χ3v) is 10.3. The summed E-state index contributed by atoms with van der Waals surface area (Å²) < 4.78 is 31.2. The van der Waals surface area contributed by atoms with E-state index < -0.39 is 23.1 Å². The molecule has 0 radical (unpaired) electrons. The maximum absolute atomic E-state index is 13.7. The SMILES string of the molecule is O=C(Nc1ccc(F)c(F)c1)c1c(Cl)c(SN2C3CCC34C2CC4(O)CO)c2n1CCCCC2. The fraction of sp³-hybridized carbons (Fsp3) is 0.542. The van der Waals surface area contributed by atoms with E-state index >= 15 is 0 Å². The standard InChI is InChI=1S/C24H26ClF2N3O3S/c25-19-20(22(32)28-13-5-6-14(26)15(27)10-13)29-9-3-1-2-4-16(29)21(19)34-30-17-7-8-24(17)18(30)11-23(24,33)12-31/h5-6,10,17-18,31,33H,1-4,7-9,11-12H2,(H,28,32). The first-order chi connectivity index (χ1) is 16.3. The number of hydrogen-bond acceptors (Lipinski definition) is 5. The van der Waals surface area contributed by atoms with Gasteiger partial charge < -0.3 is 20.1 Å². The third-order valence-electron chi connectivity index (χ3n) is 8.44. The molecule has 4 unspecified atom stereocenters. The molecule has 4 aliphatic rings. The summed E-state index contributed by atoms with van der Waals surface area (Å²) in [5, 5.41) is 23.6. The van der Waals surface area contributed by atoms with Gasteiger partial charge in [0.15, 0.2) is 11.6 Å². The highest BCUT2D eigenvalue weighted by Crippen LogP contribution is 2.74. The Hall–Kier alpha value is -1.65. The highest BCUT2D eigenvalue weighted by atomic mass is 35.5. The van der Waals surface area contributed by atoms with Gasteiger partial charge in [-0.3, -0.25) is 4.79 Å². The van der Waals surface area contributed by atoms with Crippen LogP contribution in [0, 0.1) is 17.0 Å². The number of amides is 1. The number of benzene rings is 1. The first-order valence-corrected chi connectivity index (χ1v) is 12.9. The Bertz CT molecular complexity index is 1180. The summed E-state index contributed by atoms with van der Waals surface area (Å²) in [5.74, 6) is -2.46. The number of anilines is 1. The van der Waals surface area contributed by atoms with Crippen molar-refractivity contribution in [3.63, 3.8) is 0 Å². The molecule has 3 heterocycles. The van der Waals surface area contributed by atoms with E-state index in [1.54, 1.807) is 11.9 Å². The van der Waals surface area contributed by atoms with Crippen LogP contribution in [0.3, 0.4) is 0 Å². The van der Waals surface area contributed by atoms with Crippen molar-refractivity contribution in [1.82, 2.24) is 8.87 Å². The Morgan fingerprint density at radius 3 is 2.74 bits per heavy atom. The number of aromatic nitrogens is 1. The monoisotopic (exact) mass is 509 g/mol. The van der Waals surface area contributed by atoms with Crippen LogP contribution in [0.1, 0.15) is 54.7 Å². The number of aliphatic hydroxyl groups excluding tert-OH is 1. The van der Waals surface area contributed by atoms with Gasteiger partial charge in [0.05, 0.1) is 22.1 Å². The Labute approximate surface area is 205 Å². The van der Waals surface area contributed by atoms with Crippen LogP contribution in [0.4, 0.5) is 14.5 Å². The summed E-state index contributed by atoms with van der Waals surface area (Å²) in [7, 11) is 0. The van der Waals surface area contributed by atoms with Crippen LogP contribution >= 0.6 is 23.5 Å². The summed E-state index contributed by atoms with van der Waals surface area (Å²) in [6, 6.07) is 3.63. The van der Waals surface area contributed by atoms with E-state index in [-0.39, 0.29) is 29.8 Å². The molecular weight excluding hydrogens is 484 g/mol. The molecule has 182 valence electrons. The molecule has 2 saturated carbocycles. The summed E-state index contributed by atoms with van der Waals surface area (Å²) in [4.78, 5) is 14.1. The molecule has 10 heteroatoms. The normalized spacial score (nSPS) is 31.8. The molecule has 1 spiro atoms. The van der Waals surface area contributed by atoms with Gasteiger partial charge in [-0.15, -0.1) is 0 Å². The number of carbonyl (C=O) groups is 1. The zero-order valence-electron chi connectivity index (χ0n) is 18.5. The molecule has 0 bridgehead atoms. The Morgan fingerprint density at radius 2 is 2.06 bits per heavy atom. The lowest BCUT2D eigenvalue weighted by molar-refractivity contribution is -0.348. The predicted octanol–water partition coefficient (Wildman–Crippen LogP) is 4.37. The number of hydrogen-bond donors (Lipinski definition) is 3. The number of piperidine rings is 2. The fourth-order valence-electron chi connectivity index (χ4n) is 6.56. The average molecular weight is 510 g/mol. The predicted molar refractivity (Wildman–Crippen MR) is 125 cm³/mol. The molecule has 2 aliphatic carbocycles. The summed E-state index contributed by atoms with van der Waals surface area (Å²) in [6.45, 7) is 0.451. The van der Waals surface area contributed by atoms with Crippen molar-refractivity contribution in [3.8, 4) is 0 Å². The van der Waals surface area contributed by atoms with E-state index in [1.165, 1.54) is 6.07 Å². The second-order valence-electron chi connectivity index (χ2n) is 9.94. The molecule has 4 atom stereocenters. The van der Waals surface area contributed by atoms with E-state index in [4.69, 9.17) is 11.6 Å². The van der Waals surface area contributed by atoms with E-state index in [9.17, 15) is 23.8 Å². The van der Waals surface area contributed by atoms with Crippen LogP contribution in [0.15, 0.2) is 23.1 Å². The number of carbonyl (C=O) groups excluding carboxylic acids is 1. The van der Waals surface area contributed by atoms with Gasteiger partial charge >= 0.3 is 0 Å². The van der Waals surface area contributed by atoms with E-state index in [1.807, 2.05) is 4.57 Å². The Kier molecular flexibility index (Phi) is 5.31. The summed E-state index contributed by atoms with van der Waals surface area (Å²) in [6.07, 6.45) is 6.19. The van der Waals surface area contributed by atoms with Crippen LogP contribution in [0.25, 0.3) is 0 Å². The van der Waals surface area contributed by atoms with Crippen molar-refractivity contribution in [3.05, 3.63) is 46.2 Å². The molecule has 2 aliphatic heterocycles. The van der Waals surface area contributed by atoms with Gasteiger partial charge in [-0.2, -0.15) is 0 Å². The summed E-state index contributed by atoms with van der Waals surface area (Å²) >= 11 is 8.41. The lowest BCUT2D eigenvalue weighted by atomic mass is 9.37. The lowest BCUT2D eigenvalue weighted by Gasteiger charge is -2.81. The number of halogens is 3. The van der Waals surface area contributed by atoms with Gasteiger partial charge in [0.25, 0.3) is 5.91 Å². The smallest absolute Gasteiger partial charge is 0.273 e. The van der Waals surface area contributed by atoms with E-state index in [0.29, 0.717) is 23.7 Å². The number of aliphatic hydroxyl groups is 2. The molecule has 3 fully saturated rings. The molecule has 6 nitrogen and oxygen atoms in total. The van der Waals surface area contributed by atoms with Crippen LogP contribution < -0.4 is 5.32 Å². The molecule has 34 heavy (non-hydrogen) atoms. The molecule has 2 aromatic rings. The first kappa shape index (κ1) is 22.8. The van der Waals surface area contributed by atoms with Crippen LogP contribution in [-0.4, -0.2) is 49.3 Å². The molecule has 6 rings (SSSR count). The summed E-state index contributed by atoms with van der Waals surface area (Å²) in [5.41, 5.74) is 0.320. The van der Waals surface area contributed by atoms with Crippen LogP contribution in [-0.2, 0) is 13.0 Å². The average Bonchev–Trinajstić information content (AvgIpc) is 2.91. The highest BCUT2D eigenvalue weighted by molar-refractivity contribution is 7.97. The minimum atomic E-state index is -1.03. The second-order valence-corrected chi connectivity index (χ2v) is 11.3. The molecule has 3 N–H and O–H groups in total. The van der Waals surface area contributed by atoms with Gasteiger partial charge in [0, 0.05) is 41.5 Å². The largest absolute Gasteiger partial charge is 0.393 e. The topological polar surface area (TPSA) is 77.7 Å². The molecular formula is C24H26ClF2N3O3S. The first-order valence-electron chi connectivity index (χ1n) is 11.8. The number of nitrogens with zero attached hydrogens (tertiary/aromatic N) is 2.